The van der Waals surface area contributed by atoms with Gasteiger partial charge in [-0.3, -0.25) is 4.79 Å². The number of benzene rings is 2. The van der Waals surface area contributed by atoms with Crippen LogP contribution in [0.3, 0.4) is 0 Å². The van der Waals surface area contributed by atoms with Gasteiger partial charge in [-0.15, -0.1) is 0 Å². The molecule has 0 aliphatic heterocycles. The van der Waals surface area contributed by atoms with Gasteiger partial charge in [-0.2, -0.15) is 9.78 Å². The van der Waals surface area contributed by atoms with Crippen molar-refractivity contribution in [2.75, 3.05) is 6.54 Å². The number of aromatic nitrogens is 3. The Labute approximate surface area is 223 Å². The number of rotatable bonds is 5. The second-order valence-corrected chi connectivity index (χ2v) is 11.6. The van der Waals surface area contributed by atoms with Crippen LogP contribution in [0.5, 0.6) is 0 Å². The summed E-state index contributed by atoms with van der Waals surface area (Å²) in [6, 6.07) is 15.5. The van der Waals surface area contributed by atoms with Crippen LogP contribution in [0.25, 0.3) is 27.7 Å². The third kappa shape index (κ3) is 5.36. The second kappa shape index (κ2) is 9.76. The summed E-state index contributed by atoms with van der Waals surface area (Å²) in [6.45, 7) is 12.9. The summed E-state index contributed by atoms with van der Waals surface area (Å²) in [5, 5.41) is 5.15. The summed E-state index contributed by atoms with van der Waals surface area (Å²) in [6.07, 6.45) is 5.04. The van der Waals surface area contributed by atoms with E-state index < -0.39 is 22.7 Å². The van der Waals surface area contributed by atoms with Gasteiger partial charge in [-0.25, -0.2) is 4.79 Å². The van der Waals surface area contributed by atoms with Gasteiger partial charge in [0.05, 0.1) is 17.4 Å². The number of nitrogens with zero attached hydrogens (tertiary/aromatic N) is 3. The lowest BCUT2D eigenvalue weighted by Gasteiger charge is -2.31. The highest BCUT2D eigenvalue weighted by Gasteiger charge is 2.37. The van der Waals surface area contributed by atoms with E-state index in [-0.39, 0.29) is 12.5 Å². The average molecular weight is 517 g/mol. The van der Waals surface area contributed by atoms with Crippen LogP contribution in [0.15, 0.2) is 67.1 Å². The molecule has 0 saturated heterocycles. The number of fused-ring (bicyclic) bond motifs is 1. The molecular weight excluding hydrogens is 480 g/mol. The molecule has 0 aliphatic carbocycles. The zero-order chi connectivity index (χ0) is 27.9. The van der Waals surface area contributed by atoms with Crippen LogP contribution in [-0.4, -0.2) is 44.2 Å². The highest BCUT2D eigenvalue weighted by Crippen LogP contribution is 2.35. The van der Waals surface area contributed by atoms with E-state index in [1.54, 1.807) is 13.1 Å². The highest BCUT2D eigenvalue weighted by atomic mass is 16.6. The first-order chi connectivity index (χ1) is 17.7. The van der Waals surface area contributed by atoms with E-state index in [1.807, 2.05) is 107 Å². The zero-order valence-corrected chi connectivity index (χ0v) is 23.1. The Balaban J connectivity index is 1.79. The molecule has 0 radical (unpaired) electrons. The minimum atomic E-state index is -0.979. The molecule has 2 N–H and O–H groups in total. The molecule has 8 heteroatoms. The molecule has 1 unspecified atom stereocenters. The minimum Gasteiger partial charge on any atom is -0.459 e. The predicted octanol–water partition coefficient (Wildman–Crippen LogP) is 5.84. The molecule has 0 spiro atoms. The van der Waals surface area contributed by atoms with Crippen molar-refractivity contribution in [3.8, 4) is 16.8 Å². The molecule has 8 nitrogen and oxygen atoms in total. The molecule has 2 aromatic carbocycles. The lowest BCUT2D eigenvalue weighted by atomic mass is 9.81. The number of carbonyl (C=O) groups excluding carboxylic acids is 2. The lowest BCUT2D eigenvalue weighted by Crippen LogP contribution is -2.44. The van der Waals surface area contributed by atoms with E-state index in [4.69, 9.17) is 15.2 Å². The van der Waals surface area contributed by atoms with E-state index in [0.717, 1.165) is 27.8 Å². The van der Waals surface area contributed by atoms with Crippen molar-refractivity contribution >= 4 is 23.0 Å². The summed E-state index contributed by atoms with van der Waals surface area (Å²) >= 11 is 0. The van der Waals surface area contributed by atoms with Gasteiger partial charge in [0, 0.05) is 29.9 Å². The second-order valence-electron chi connectivity index (χ2n) is 11.6. The van der Waals surface area contributed by atoms with Gasteiger partial charge in [0.2, 0.25) is 0 Å². The number of nitrogens with two attached hydrogens (primary N) is 1. The first-order valence-corrected chi connectivity index (χ1v) is 12.7. The molecule has 0 saturated carbocycles. The number of ether oxygens (including phenoxy) is 2. The van der Waals surface area contributed by atoms with Gasteiger partial charge >= 0.3 is 12.1 Å². The number of hydrogen-bond acceptors (Lipinski definition) is 6. The van der Waals surface area contributed by atoms with Crippen molar-refractivity contribution in [2.24, 2.45) is 5.73 Å². The van der Waals surface area contributed by atoms with Gasteiger partial charge in [0.15, 0.2) is 0 Å². The van der Waals surface area contributed by atoms with Crippen molar-refractivity contribution in [1.82, 2.24) is 14.3 Å². The molecule has 200 valence electrons. The molecule has 0 fully saturated rings. The maximum absolute atomic E-state index is 13.0. The summed E-state index contributed by atoms with van der Waals surface area (Å²) in [4.78, 5) is 25.8. The molecule has 1 atom stereocenters. The number of carbonyl (C=O) groups is 2. The van der Waals surface area contributed by atoms with Gasteiger partial charge in [0.1, 0.15) is 16.6 Å². The van der Waals surface area contributed by atoms with Gasteiger partial charge in [-0.1, -0.05) is 30.3 Å². The van der Waals surface area contributed by atoms with Crippen LogP contribution < -0.4 is 5.73 Å². The summed E-state index contributed by atoms with van der Waals surface area (Å²) in [5.41, 5.74) is 8.02. The Morgan fingerprint density at radius 2 is 1.47 bits per heavy atom. The van der Waals surface area contributed by atoms with Crippen molar-refractivity contribution < 1.29 is 19.1 Å². The third-order valence-electron chi connectivity index (χ3n) is 6.24. The number of esters is 1. The van der Waals surface area contributed by atoms with Crippen molar-refractivity contribution in [1.29, 1.82) is 0 Å². The van der Waals surface area contributed by atoms with E-state index >= 15 is 0 Å². The van der Waals surface area contributed by atoms with Crippen LogP contribution in [-0.2, 0) is 19.7 Å². The maximum Gasteiger partial charge on any atom is 0.435 e. The van der Waals surface area contributed by atoms with Crippen molar-refractivity contribution in [2.45, 2.75) is 65.1 Å². The standard InChI is InChI=1S/C30H36N4O4/c1-28(2,3)37-26(35)30(7,19-31)21-12-10-20(11-13-21)22-14-15-24-23(25(22)33-16-8-9-17-33)18-32-34(24)27(36)38-29(4,5)6/h8-18H,19,31H2,1-7H3. The average Bonchev–Trinajstić information content (AvgIpc) is 3.51. The first-order valence-electron chi connectivity index (χ1n) is 12.7. The molecule has 4 rings (SSSR count). The van der Waals surface area contributed by atoms with Crippen molar-refractivity contribution in [3.05, 3.63) is 72.7 Å². The minimum absolute atomic E-state index is 0.117. The molecule has 0 bridgehead atoms. The molecule has 2 aromatic heterocycles. The molecule has 0 aliphatic rings. The van der Waals surface area contributed by atoms with E-state index in [0.29, 0.717) is 5.52 Å². The van der Waals surface area contributed by atoms with E-state index in [2.05, 4.69) is 5.10 Å². The maximum atomic E-state index is 13.0. The van der Waals surface area contributed by atoms with E-state index in [1.165, 1.54) is 4.68 Å². The first kappa shape index (κ1) is 27.1. The van der Waals surface area contributed by atoms with Gasteiger partial charge in [-0.05, 0) is 77.8 Å². The number of hydrogen-bond donors (Lipinski definition) is 1. The largest absolute Gasteiger partial charge is 0.459 e. The SMILES string of the molecule is CC(C)(C)OC(=O)n1ncc2c(-n3cccc3)c(-c3ccc(C(C)(CN)C(=O)OC(C)(C)C)cc3)ccc21. The van der Waals surface area contributed by atoms with Crippen LogP contribution >= 0.6 is 0 Å². The monoisotopic (exact) mass is 516 g/mol. The van der Waals surface area contributed by atoms with Crippen LogP contribution in [0.1, 0.15) is 54.0 Å². The third-order valence-corrected chi connectivity index (χ3v) is 6.24. The zero-order valence-electron chi connectivity index (χ0n) is 23.1. The van der Waals surface area contributed by atoms with Gasteiger partial charge in [0.25, 0.3) is 0 Å². The molecule has 4 aromatic rings. The van der Waals surface area contributed by atoms with Crippen LogP contribution in [0.2, 0.25) is 0 Å². The summed E-state index contributed by atoms with van der Waals surface area (Å²) in [7, 11) is 0. The Kier molecular flexibility index (Phi) is 6.97. The van der Waals surface area contributed by atoms with E-state index in [9.17, 15) is 9.59 Å². The summed E-state index contributed by atoms with van der Waals surface area (Å²) in [5.74, 6) is -0.357. The Bertz CT molecular complexity index is 1460. The Morgan fingerprint density at radius 1 is 0.868 bits per heavy atom. The van der Waals surface area contributed by atoms with Crippen LogP contribution in [0, 0.1) is 0 Å². The molecule has 2 heterocycles. The molecule has 38 heavy (non-hydrogen) atoms. The molecular formula is C30H36N4O4. The summed E-state index contributed by atoms with van der Waals surface area (Å²) < 4.78 is 14.5. The Hall–Kier alpha value is -3.91. The van der Waals surface area contributed by atoms with Gasteiger partial charge < -0.3 is 19.8 Å². The Morgan fingerprint density at radius 3 is 2.03 bits per heavy atom. The molecule has 0 amide bonds. The topological polar surface area (TPSA) is 101 Å². The fourth-order valence-corrected chi connectivity index (χ4v) is 4.26. The highest BCUT2D eigenvalue weighted by molar-refractivity contribution is 5.98. The lowest BCUT2D eigenvalue weighted by molar-refractivity contribution is -0.161. The smallest absolute Gasteiger partial charge is 0.435 e. The fourth-order valence-electron chi connectivity index (χ4n) is 4.26. The van der Waals surface area contributed by atoms with Crippen LogP contribution in [0.4, 0.5) is 4.79 Å². The fraction of sp³-hybridized carbons (Fsp3) is 0.367. The van der Waals surface area contributed by atoms with Crippen molar-refractivity contribution in [3.63, 3.8) is 0 Å². The predicted molar refractivity (Wildman–Crippen MR) is 148 cm³/mol. The quantitative estimate of drug-likeness (QED) is 0.335. The normalized spacial score (nSPS) is 13.8.